The minimum Gasteiger partial charge on any atom is -0.483 e. The number of carbonyl (C=O) groups is 2. The maximum absolute atomic E-state index is 11.9. The topological polar surface area (TPSA) is 79.5 Å². The largest absolute Gasteiger partial charge is 0.483 e. The lowest BCUT2D eigenvalue weighted by molar-refractivity contribution is -0.122. The number of benzene rings is 2. The quantitative estimate of drug-likeness (QED) is 0.496. The molecular weight excluding hydrogens is 418 g/mol. The molecule has 2 amide bonds. The highest BCUT2D eigenvalue weighted by Gasteiger charge is 2.08. The first-order valence-electron chi connectivity index (χ1n) is 7.75. The molecule has 0 aliphatic carbocycles. The molecule has 136 valence electrons. The normalized spacial score (nSPS) is 9.92. The SMILES string of the molecule is Cc1cc(Br)ccc1OCC(=O)NC(=S)NNC(=O)Cc1ccccc1. The van der Waals surface area contributed by atoms with Crippen molar-refractivity contribution in [3.05, 3.63) is 64.1 Å². The molecule has 0 bridgehead atoms. The van der Waals surface area contributed by atoms with Crippen LogP contribution in [-0.4, -0.2) is 23.5 Å². The summed E-state index contributed by atoms with van der Waals surface area (Å²) < 4.78 is 6.39. The summed E-state index contributed by atoms with van der Waals surface area (Å²) in [5, 5.41) is 2.43. The first-order valence-corrected chi connectivity index (χ1v) is 8.95. The summed E-state index contributed by atoms with van der Waals surface area (Å²) in [5.74, 6) is -0.0879. The van der Waals surface area contributed by atoms with Gasteiger partial charge < -0.3 is 4.74 Å². The van der Waals surface area contributed by atoms with Gasteiger partial charge in [0.2, 0.25) is 5.91 Å². The van der Waals surface area contributed by atoms with E-state index in [1.807, 2.05) is 49.4 Å². The Bertz CT molecular complexity index is 800. The van der Waals surface area contributed by atoms with E-state index in [1.54, 1.807) is 6.07 Å². The van der Waals surface area contributed by atoms with Crippen LogP contribution >= 0.6 is 28.1 Å². The molecule has 2 rings (SSSR count). The summed E-state index contributed by atoms with van der Waals surface area (Å²) in [6.07, 6.45) is 0.205. The van der Waals surface area contributed by atoms with E-state index in [9.17, 15) is 9.59 Å². The Morgan fingerprint density at radius 3 is 2.50 bits per heavy atom. The third-order valence-corrected chi connectivity index (χ3v) is 3.97. The Balaban J connectivity index is 1.70. The number of aryl methyl sites for hydroxylation is 1. The molecule has 6 nitrogen and oxygen atoms in total. The average Bonchev–Trinajstić information content (AvgIpc) is 2.60. The van der Waals surface area contributed by atoms with Crippen LogP contribution in [0, 0.1) is 6.92 Å². The fourth-order valence-corrected chi connectivity index (χ4v) is 2.70. The van der Waals surface area contributed by atoms with Crippen LogP contribution in [0.1, 0.15) is 11.1 Å². The number of hydrogen-bond donors (Lipinski definition) is 3. The predicted octanol–water partition coefficient (Wildman–Crippen LogP) is 2.40. The number of thiocarbonyl (C=S) groups is 1. The van der Waals surface area contributed by atoms with E-state index in [1.165, 1.54) is 0 Å². The Hall–Kier alpha value is -2.45. The first kappa shape index (κ1) is 19.9. The summed E-state index contributed by atoms with van der Waals surface area (Å²) in [6.45, 7) is 1.69. The van der Waals surface area contributed by atoms with Crippen LogP contribution in [0.25, 0.3) is 0 Å². The number of halogens is 1. The number of nitrogens with one attached hydrogen (secondary N) is 3. The lowest BCUT2D eigenvalue weighted by Gasteiger charge is -2.12. The molecule has 8 heteroatoms. The maximum atomic E-state index is 11.9. The third-order valence-electron chi connectivity index (χ3n) is 3.27. The molecule has 0 unspecified atom stereocenters. The van der Waals surface area contributed by atoms with Gasteiger partial charge in [-0.05, 0) is 48.5 Å². The Morgan fingerprint density at radius 1 is 1.08 bits per heavy atom. The van der Waals surface area contributed by atoms with Gasteiger partial charge in [0.05, 0.1) is 6.42 Å². The highest BCUT2D eigenvalue weighted by atomic mass is 79.9. The molecule has 3 N–H and O–H groups in total. The summed E-state index contributed by atoms with van der Waals surface area (Å²) >= 11 is 8.33. The van der Waals surface area contributed by atoms with Crippen LogP contribution in [0.5, 0.6) is 5.75 Å². The lowest BCUT2D eigenvalue weighted by atomic mass is 10.1. The standard InChI is InChI=1S/C18H18BrN3O3S/c1-12-9-14(19)7-8-15(12)25-11-17(24)20-18(26)22-21-16(23)10-13-5-3-2-4-6-13/h2-9H,10-11H2,1H3,(H,21,23)(H2,20,22,24,26). The highest BCUT2D eigenvalue weighted by Crippen LogP contribution is 2.21. The van der Waals surface area contributed by atoms with E-state index in [2.05, 4.69) is 32.1 Å². The molecule has 0 fully saturated rings. The van der Waals surface area contributed by atoms with Crippen LogP contribution in [-0.2, 0) is 16.0 Å². The minimum atomic E-state index is -0.429. The Kier molecular flexibility index (Phi) is 7.55. The summed E-state index contributed by atoms with van der Waals surface area (Å²) in [7, 11) is 0. The van der Waals surface area contributed by atoms with Crippen molar-refractivity contribution < 1.29 is 14.3 Å². The van der Waals surface area contributed by atoms with Gasteiger partial charge in [-0.2, -0.15) is 0 Å². The van der Waals surface area contributed by atoms with Crippen molar-refractivity contribution in [2.75, 3.05) is 6.61 Å². The lowest BCUT2D eigenvalue weighted by Crippen LogP contribution is -2.49. The molecule has 0 heterocycles. The fourth-order valence-electron chi connectivity index (χ4n) is 2.06. The average molecular weight is 436 g/mol. The molecule has 0 aromatic heterocycles. The van der Waals surface area contributed by atoms with Crippen molar-refractivity contribution in [1.82, 2.24) is 16.2 Å². The third kappa shape index (κ3) is 6.81. The van der Waals surface area contributed by atoms with Gasteiger partial charge in [0.25, 0.3) is 5.91 Å². The zero-order valence-corrected chi connectivity index (χ0v) is 16.4. The summed E-state index contributed by atoms with van der Waals surface area (Å²) in [5.41, 5.74) is 6.70. The van der Waals surface area contributed by atoms with Crippen molar-refractivity contribution in [3.8, 4) is 5.75 Å². The van der Waals surface area contributed by atoms with Gasteiger partial charge in [-0.3, -0.25) is 25.8 Å². The van der Waals surface area contributed by atoms with E-state index >= 15 is 0 Å². The number of hydrogen-bond acceptors (Lipinski definition) is 4. The molecule has 0 saturated heterocycles. The van der Waals surface area contributed by atoms with Gasteiger partial charge in [0, 0.05) is 4.47 Å². The molecule has 2 aromatic rings. The van der Waals surface area contributed by atoms with Crippen LogP contribution in [0.15, 0.2) is 53.0 Å². The fraction of sp³-hybridized carbons (Fsp3) is 0.167. The molecule has 0 aliphatic heterocycles. The van der Waals surface area contributed by atoms with Crippen molar-refractivity contribution in [2.45, 2.75) is 13.3 Å². The van der Waals surface area contributed by atoms with E-state index in [0.29, 0.717) is 5.75 Å². The number of ether oxygens (including phenoxy) is 1. The van der Waals surface area contributed by atoms with Gasteiger partial charge in [-0.15, -0.1) is 0 Å². The second-order valence-corrected chi connectivity index (χ2v) is 6.74. The molecule has 0 atom stereocenters. The highest BCUT2D eigenvalue weighted by molar-refractivity contribution is 9.10. The van der Waals surface area contributed by atoms with Gasteiger partial charge in [-0.25, -0.2) is 0 Å². The van der Waals surface area contributed by atoms with Crippen LogP contribution in [0.3, 0.4) is 0 Å². The minimum absolute atomic E-state index is 0.00691. The molecule has 0 spiro atoms. The van der Waals surface area contributed by atoms with Crippen LogP contribution in [0.4, 0.5) is 0 Å². The number of rotatable bonds is 5. The molecule has 0 saturated carbocycles. The van der Waals surface area contributed by atoms with Crippen molar-refractivity contribution >= 4 is 45.1 Å². The van der Waals surface area contributed by atoms with Gasteiger partial charge in [0.15, 0.2) is 11.7 Å². The predicted molar refractivity (Wildman–Crippen MR) is 107 cm³/mol. The first-order chi connectivity index (χ1) is 12.4. The van der Waals surface area contributed by atoms with E-state index in [-0.39, 0.29) is 24.0 Å². The van der Waals surface area contributed by atoms with E-state index in [0.717, 1.165) is 15.6 Å². The van der Waals surface area contributed by atoms with Gasteiger partial charge in [-0.1, -0.05) is 46.3 Å². The zero-order chi connectivity index (χ0) is 18.9. The van der Waals surface area contributed by atoms with Gasteiger partial charge >= 0.3 is 0 Å². The Labute approximate surface area is 165 Å². The number of carbonyl (C=O) groups excluding carboxylic acids is 2. The van der Waals surface area contributed by atoms with Crippen LogP contribution < -0.4 is 20.9 Å². The number of amides is 2. The molecule has 0 radical (unpaired) electrons. The zero-order valence-electron chi connectivity index (χ0n) is 14.0. The van der Waals surface area contributed by atoms with Crippen LogP contribution in [0.2, 0.25) is 0 Å². The van der Waals surface area contributed by atoms with Crippen molar-refractivity contribution in [1.29, 1.82) is 0 Å². The summed E-state index contributed by atoms with van der Waals surface area (Å²) in [4.78, 5) is 23.7. The maximum Gasteiger partial charge on any atom is 0.264 e. The van der Waals surface area contributed by atoms with Crippen molar-refractivity contribution in [2.24, 2.45) is 0 Å². The second kappa shape index (κ2) is 9.88. The van der Waals surface area contributed by atoms with Crippen molar-refractivity contribution in [3.63, 3.8) is 0 Å². The molecule has 26 heavy (non-hydrogen) atoms. The second-order valence-electron chi connectivity index (χ2n) is 5.41. The Morgan fingerprint density at radius 2 is 1.81 bits per heavy atom. The summed E-state index contributed by atoms with van der Waals surface area (Å²) in [6, 6.07) is 14.8. The molecular formula is C18H18BrN3O3S. The monoisotopic (exact) mass is 435 g/mol. The van der Waals surface area contributed by atoms with E-state index in [4.69, 9.17) is 17.0 Å². The van der Waals surface area contributed by atoms with E-state index < -0.39 is 5.91 Å². The smallest absolute Gasteiger partial charge is 0.264 e. The molecule has 2 aromatic carbocycles. The molecule has 0 aliphatic rings. The van der Waals surface area contributed by atoms with Gasteiger partial charge in [0.1, 0.15) is 5.75 Å². The number of hydrazine groups is 1.